The average Bonchev–Trinajstić information content (AvgIpc) is 3.03. The number of hydrogen-bond donors (Lipinski definition) is 1. The lowest BCUT2D eigenvalue weighted by molar-refractivity contribution is -0.140. The van der Waals surface area contributed by atoms with Crippen LogP contribution in [0.4, 0.5) is 5.69 Å². The van der Waals surface area contributed by atoms with E-state index in [0.29, 0.717) is 32.7 Å². The summed E-state index contributed by atoms with van der Waals surface area (Å²) >= 11 is 18.8. The molecule has 0 radical (unpaired) electrons. The number of halogens is 3. The third-order valence-corrected chi connectivity index (χ3v) is 10.3. The van der Waals surface area contributed by atoms with Crippen LogP contribution < -0.4 is 9.62 Å². The number of amides is 2. The molecule has 0 heterocycles. The third-order valence-electron chi connectivity index (χ3n) is 7.63. The minimum atomic E-state index is -4.24. The molecule has 1 N–H and O–H groups in total. The van der Waals surface area contributed by atoms with Gasteiger partial charge in [0.25, 0.3) is 10.0 Å². The highest BCUT2D eigenvalue weighted by molar-refractivity contribution is 7.92. The molecule has 242 valence electrons. The Balaban J connectivity index is 1.82. The van der Waals surface area contributed by atoms with Gasteiger partial charge in [-0.25, -0.2) is 8.42 Å². The van der Waals surface area contributed by atoms with E-state index < -0.39 is 28.5 Å². The van der Waals surface area contributed by atoms with Crippen LogP contribution in [0.3, 0.4) is 0 Å². The van der Waals surface area contributed by atoms with Crippen molar-refractivity contribution in [1.82, 2.24) is 10.2 Å². The fourth-order valence-electron chi connectivity index (χ4n) is 4.80. The molecule has 0 spiro atoms. The maximum Gasteiger partial charge on any atom is 0.264 e. The minimum absolute atomic E-state index is 0.0343. The highest BCUT2D eigenvalue weighted by Gasteiger charge is 2.35. The van der Waals surface area contributed by atoms with Crippen molar-refractivity contribution in [2.45, 2.75) is 57.1 Å². The van der Waals surface area contributed by atoms with Crippen molar-refractivity contribution in [3.05, 3.63) is 129 Å². The smallest absolute Gasteiger partial charge is 0.264 e. The van der Waals surface area contributed by atoms with Crippen molar-refractivity contribution in [1.29, 1.82) is 0 Å². The highest BCUT2D eigenvalue weighted by atomic mass is 35.5. The SMILES string of the molecule is CCC(C)NC(=O)C(Cc1ccccc1)N(Cc1ccc(Cl)cc1Cl)C(=O)CN(c1ccc(C)cc1)S(=O)(=O)c1ccc(Cl)cc1. The summed E-state index contributed by atoms with van der Waals surface area (Å²) in [6.07, 6.45) is 0.871. The molecule has 4 rings (SSSR count). The topological polar surface area (TPSA) is 86.8 Å². The van der Waals surface area contributed by atoms with E-state index in [2.05, 4.69) is 5.32 Å². The number of anilines is 1. The number of benzene rings is 4. The zero-order chi connectivity index (χ0) is 33.4. The van der Waals surface area contributed by atoms with Crippen LogP contribution >= 0.6 is 34.8 Å². The predicted octanol–water partition coefficient (Wildman–Crippen LogP) is 7.71. The van der Waals surface area contributed by atoms with Crippen molar-refractivity contribution >= 4 is 62.3 Å². The fourth-order valence-corrected chi connectivity index (χ4v) is 6.81. The Bertz CT molecular complexity index is 1750. The first kappa shape index (κ1) is 35.3. The first-order chi connectivity index (χ1) is 21.9. The second kappa shape index (κ2) is 15.8. The summed E-state index contributed by atoms with van der Waals surface area (Å²) in [7, 11) is -4.24. The van der Waals surface area contributed by atoms with E-state index in [9.17, 15) is 18.0 Å². The van der Waals surface area contributed by atoms with Gasteiger partial charge in [-0.05, 0) is 79.9 Å². The normalized spacial score (nSPS) is 12.7. The van der Waals surface area contributed by atoms with Crippen molar-refractivity contribution in [3.8, 4) is 0 Å². The van der Waals surface area contributed by atoms with Crippen LogP contribution in [0.15, 0.2) is 102 Å². The molecule has 0 saturated heterocycles. The van der Waals surface area contributed by atoms with Gasteiger partial charge in [0.15, 0.2) is 0 Å². The van der Waals surface area contributed by atoms with Crippen LogP contribution in [0.1, 0.15) is 37.0 Å². The Hall–Kier alpha value is -3.56. The third kappa shape index (κ3) is 9.04. The van der Waals surface area contributed by atoms with E-state index in [0.717, 1.165) is 15.4 Å². The molecule has 2 amide bonds. The largest absolute Gasteiger partial charge is 0.352 e. The number of carbonyl (C=O) groups is 2. The summed E-state index contributed by atoms with van der Waals surface area (Å²) in [5.41, 5.74) is 2.59. The number of nitrogens with one attached hydrogen (secondary N) is 1. The first-order valence-corrected chi connectivity index (χ1v) is 17.4. The van der Waals surface area contributed by atoms with E-state index in [4.69, 9.17) is 34.8 Å². The van der Waals surface area contributed by atoms with Gasteiger partial charge in [-0.2, -0.15) is 0 Å². The molecule has 0 aromatic heterocycles. The van der Waals surface area contributed by atoms with Gasteiger partial charge in [-0.1, -0.05) is 95.8 Å². The van der Waals surface area contributed by atoms with Crippen molar-refractivity contribution in [2.75, 3.05) is 10.8 Å². The average molecular weight is 701 g/mol. The molecule has 0 aliphatic heterocycles. The van der Waals surface area contributed by atoms with Crippen molar-refractivity contribution in [3.63, 3.8) is 0 Å². The zero-order valence-electron chi connectivity index (χ0n) is 25.8. The highest BCUT2D eigenvalue weighted by Crippen LogP contribution is 2.28. The number of sulfonamides is 1. The molecular formula is C35H36Cl3N3O4S. The summed E-state index contributed by atoms with van der Waals surface area (Å²) in [5.74, 6) is -0.955. The van der Waals surface area contributed by atoms with E-state index in [-0.39, 0.29) is 29.8 Å². The number of nitrogens with zero attached hydrogens (tertiary/aromatic N) is 2. The van der Waals surface area contributed by atoms with Gasteiger partial charge in [0.05, 0.1) is 10.6 Å². The number of rotatable bonds is 13. The Morgan fingerprint density at radius 3 is 2.09 bits per heavy atom. The number of carbonyl (C=O) groups excluding carboxylic acids is 2. The molecule has 7 nitrogen and oxygen atoms in total. The van der Waals surface area contributed by atoms with Gasteiger partial charge >= 0.3 is 0 Å². The maximum atomic E-state index is 14.5. The number of hydrogen-bond acceptors (Lipinski definition) is 4. The standard InChI is InChI=1S/C35H36Cl3N3O4S/c1-4-25(3)39-35(43)33(20-26-8-6-5-7-9-26)40(22-27-12-13-29(37)21-32(27)38)34(42)23-41(30-16-10-24(2)11-17-30)46(44,45)31-18-14-28(36)15-19-31/h5-19,21,25,33H,4,20,22-23H2,1-3H3,(H,39,43). The van der Waals surface area contributed by atoms with Crippen LogP contribution in [0.2, 0.25) is 15.1 Å². The molecule has 0 aliphatic carbocycles. The quantitative estimate of drug-likeness (QED) is 0.155. The summed E-state index contributed by atoms with van der Waals surface area (Å²) in [6, 6.07) is 25.7. The van der Waals surface area contributed by atoms with Crippen LogP contribution in [0, 0.1) is 6.92 Å². The lowest BCUT2D eigenvalue weighted by Crippen LogP contribution is -2.54. The van der Waals surface area contributed by atoms with E-state index in [1.807, 2.05) is 51.1 Å². The molecule has 46 heavy (non-hydrogen) atoms. The van der Waals surface area contributed by atoms with Gasteiger partial charge < -0.3 is 10.2 Å². The Morgan fingerprint density at radius 1 is 0.848 bits per heavy atom. The van der Waals surface area contributed by atoms with Gasteiger partial charge in [0.2, 0.25) is 11.8 Å². The summed E-state index contributed by atoms with van der Waals surface area (Å²) < 4.78 is 29.3. The lowest BCUT2D eigenvalue weighted by atomic mass is 10.0. The second-order valence-corrected chi connectivity index (χ2v) is 14.2. The van der Waals surface area contributed by atoms with Crippen LogP contribution in [0.5, 0.6) is 0 Å². The lowest BCUT2D eigenvalue weighted by Gasteiger charge is -2.34. The molecule has 4 aromatic carbocycles. The Labute approximate surface area is 286 Å². The summed E-state index contributed by atoms with van der Waals surface area (Å²) in [6.45, 7) is 5.07. The van der Waals surface area contributed by atoms with E-state index in [1.165, 1.54) is 29.2 Å². The molecule has 11 heteroatoms. The van der Waals surface area contributed by atoms with Crippen molar-refractivity contribution in [2.24, 2.45) is 0 Å². The molecule has 4 aromatic rings. The summed E-state index contributed by atoms with van der Waals surface area (Å²) in [5, 5.41) is 4.12. The molecule has 0 fully saturated rings. The van der Waals surface area contributed by atoms with Crippen LogP contribution in [0.25, 0.3) is 0 Å². The van der Waals surface area contributed by atoms with Crippen LogP contribution in [-0.2, 0) is 32.6 Å². The molecule has 0 bridgehead atoms. The molecule has 2 unspecified atom stereocenters. The molecule has 2 atom stereocenters. The van der Waals surface area contributed by atoms with E-state index in [1.54, 1.807) is 42.5 Å². The summed E-state index contributed by atoms with van der Waals surface area (Å²) in [4.78, 5) is 29.8. The van der Waals surface area contributed by atoms with Gasteiger partial charge in [0.1, 0.15) is 12.6 Å². The molecule has 0 saturated carbocycles. The van der Waals surface area contributed by atoms with Gasteiger partial charge in [0, 0.05) is 34.1 Å². The van der Waals surface area contributed by atoms with Gasteiger partial charge in [-0.15, -0.1) is 0 Å². The Kier molecular flexibility index (Phi) is 12.1. The first-order valence-electron chi connectivity index (χ1n) is 14.8. The molecule has 0 aliphatic rings. The molecular weight excluding hydrogens is 665 g/mol. The monoisotopic (exact) mass is 699 g/mol. The number of aryl methyl sites for hydroxylation is 1. The predicted molar refractivity (Wildman–Crippen MR) is 186 cm³/mol. The van der Waals surface area contributed by atoms with Crippen molar-refractivity contribution < 1.29 is 18.0 Å². The van der Waals surface area contributed by atoms with Gasteiger partial charge in [-0.3, -0.25) is 13.9 Å². The second-order valence-electron chi connectivity index (χ2n) is 11.1. The van der Waals surface area contributed by atoms with Crippen LogP contribution in [-0.4, -0.2) is 43.8 Å². The minimum Gasteiger partial charge on any atom is -0.352 e. The zero-order valence-corrected chi connectivity index (χ0v) is 28.9. The van der Waals surface area contributed by atoms with E-state index >= 15 is 0 Å². The maximum absolute atomic E-state index is 14.5. The Morgan fingerprint density at radius 2 is 1.48 bits per heavy atom. The fraction of sp³-hybridized carbons (Fsp3) is 0.257.